The van der Waals surface area contributed by atoms with Gasteiger partial charge in [0, 0.05) is 28.3 Å². The normalized spacial score (nSPS) is 12.7. The van der Waals surface area contributed by atoms with Gasteiger partial charge in [0.05, 0.1) is 28.7 Å². The number of carbonyl (C=O) groups is 2. The number of hydrogen-bond donors (Lipinski definition) is 1. The molecule has 0 atom stereocenters. The summed E-state index contributed by atoms with van der Waals surface area (Å²) in [5.41, 5.74) is 0.302. The van der Waals surface area contributed by atoms with E-state index in [1.807, 2.05) is 0 Å². The number of hydrogen-bond acceptors (Lipinski definition) is 7. The van der Waals surface area contributed by atoms with Crippen molar-refractivity contribution in [3.8, 4) is 5.75 Å². The third kappa shape index (κ3) is 3.42. The van der Waals surface area contributed by atoms with Gasteiger partial charge in [-0.1, -0.05) is 24.3 Å². The molecule has 4 rings (SSSR count). The van der Waals surface area contributed by atoms with Crippen molar-refractivity contribution in [2.24, 2.45) is 0 Å². The SMILES string of the molecule is COc1cc([N+](=O)[O-])ccc1NS(=O)(=O)c1ccc2c(c1)C(=O)c1ccccc1C2=O. The Morgan fingerprint density at radius 1 is 0.871 bits per heavy atom. The predicted molar refractivity (Wildman–Crippen MR) is 110 cm³/mol. The molecule has 31 heavy (non-hydrogen) atoms. The lowest BCUT2D eigenvalue weighted by atomic mass is 9.84. The molecule has 1 aliphatic carbocycles. The Bertz CT molecular complexity index is 1380. The first-order valence-electron chi connectivity index (χ1n) is 8.90. The zero-order valence-corrected chi connectivity index (χ0v) is 16.8. The van der Waals surface area contributed by atoms with Crippen LogP contribution in [0, 0.1) is 10.1 Å². The number of nitro groups is 1. The van der Waals surface area contributed by atoms with Gasteiger partial charge in [-0.15, -0.1) is 0 Å². The highest BCUT2D eigenvalue weighted by Gasteiger charge is 2.31. The van der Waals surface area contributed by atoms with Gasteiger partial charge < -0.3 is 4.74 Å². The summed E-state index contributed by atoms with van der Waals surface area (Å²) in [4.78, 5) is 35.6. The topological polar surface area (TPSA) is 133 Å². The molecule has 0 heterocycles. The molecule has 0 fully saturated rings. The van der Waals surface area contributed by atoms with Crippen LogP contribution in [0.2, 0.25) is 0 Å². The molecular formula is C21H14N2O7S. The molecule has 0 bridgehead atoms. The monoisotopic (exact) mass is 438 g/mol. The van der Waals surface area contributed by atoms with E-state index in [9.17, 15) is 28.1 Å². The zero-order chi connectivity index (χ0) is 22.3. The van der Waals surface area contributed by atoms with Crippen LogP contribution in [0.25, 0.3) is 0 Å². The van der Waals surface area contributed by atoms with Gasteiger partial charge in [0.1, 0.15) is 5.75 Å². The van der Waals surface area contributed by atoms with Gasteiger partial charge in [-0.05, 0) is 24.3 Å². The van der Waals surface area contributed by atoms with E-state index in [4.69, 9.17) is 4.74 Å². The maximum atomic E-state index is 12.9. The standard InChI is InChI=1S/C21H14N2O7S/c1-30-19-10-12(23(26)27)6-9-18(19)22-31(28,29)13-7-8-16-17(11-13)21(25)15-5-3-2-4-14(15)20(16)24/h2-11,22H,1H3. The van der Waals surface area contributed by atoms with Crippen molar-refractivity contribution in [1.82, 2.24) is 0 Å². The lowest BCUT2D eigenvalue weighted by Gasteiger charge is -2.18. The second kappa shape index (κ2) is 7.33. The zero-order valence-electron chi connectivity index (χ0n) is 16.0. The van der Waals surface area contributed by atoms with Crippen LogP contribution in [0.3, 0.4) is 0 Å². The summed E-state index contributed by atoms with van der Waals surface area (Å²) >= 11 is 0. The molecule has 10 heteroatoms. The molecule has 1 N–H and O–H groups in total. The van der Waals surface area contributed by atoms with Crippen molar-refractivity contribution in [2.75, 3.05) is 11.8 Å². The van der Waals surface area contributed by atoms with E-state index in [0.29, 0.717) is 0 Å². The summed E-state index contributed by atoms with van der Waals surface area (Å²) in [5, 5.41) is 10.9. The maximum Gasteiger partial charge on any atom is 0.273 e. The second-order valence-corrected chi connectivity index (χ2v) is 8.34. The number of sulfonamides is 1. The van der Waals surface area contributed by atoms with Crippen LogP contribution < -0.4 is 9.46 Å². The Labute approximate surface area is 176 Å². The van der Waals surface area contributed by atoms with Crippen LogP contribution in [0.15, 0.2) is 65.6 Å². The number of rotatable bonds is 5. The van der Waals surface area contributed by atoms with Crippen molar-refractivity contribution >= 4 is 33.0 Å². The molecule has 0 radical (unpaired) electrons. The van der Waals surface area contributed by atoms with Crippen molar-refractivity contribution < 1.29 is 27.7 Å². The van der Waals surface area contributed by atoms with Crippen molar-refractivity contribution in [2.45, 2.75) is 4.90 Å². The van der Waals surface area contributed by atoms with Crippen LogP contribution in [0.1, 0.15) is 31.8 Å². The molecule has 0 unspecified atom stereocenters. The van der Waals surface area contributed by atoms with Gasteiger partial charge in [0.25, 0.3) is 15.7 Å². The molecule has 0 saturated carbocycles. The van der Waals surface area contributed by atoms with Gasteiger partial charge in [0.15, 0.2) is 11.6 Å². The Morgan fingerprint density at radius 3 is 2.10 bits per heavy atom. The number of fused-ring (bicyclic) bond motifs is 2. The molecular weight excluding hydrogens is 424 g/mol. The number of nitrogens with zero attached hydrogens (tertiary/aromatic N) is 1. The minimum absolute atomic E-state index is 0.0118. The van der Waals surface area contributed by atoms with Gasteiger partial charge in [-0.2, -0.15) is 0 Å². The van der Waals surface area contributed by atoms with E-state index < -0.39 is 20.7 Å². The molecule has 1 aliphatic rings. The minimum Gasteiger partial charge on any atom is -0.494 e. The van der Waals surface area contributed by atoms with E-state index in [1.165, 1.54) is 31.4 Å². The van der Waals surface area contributed by atoms with Crippen LogP contribution in [-0.4, -0.2) is 32.0 Å². The Kier molecular flexibility index (Phi) is 4.78. The Hall–Kier alpha value is -4.05. The van der Waals surface area contributed by atoms with Crippen molar-refractivity contribution in [3.05, 3.63) is 93.0 Å². The Morgan fingerprint density at radius 2 is 1.48 bits per heavy atom. The molecule has 0 amide bonds. The minimum atomic E-state index is -4.19. The summed E-state index contributed by atoms with van der Waals surface area (Å²) in [5.74, 6) is -0.856. The number of methoxy groups -OCH3 is 1. The first-order chi connectivity index (χ1) is 14.7. The van der Waals surface area contributed by atoms with Crippen LogP contribution in [-0.2, 0) is 10.0 Å². The highest BCUT2D eigenvalue weighted by molar-refractivity contribution is 7.92. The summed E-state index contributed by atoms with van der Waals surface area (Å²) in [6.45, 7) is 0. The number of ketones is 2. The number of non-ortho nitro benzene ring substituents is 1. The first kappa shape index (κ1) is 20.2. The smallest absolute Gasteiger partial charge is 0.273 e. The molecule has 0 aromatic heterocycles. The third-order valence-electron chi connectivity index (χ3n) is 4.85. The fourth-order valence-electron chi connectivity index (χ4n) is 3.33. The van der Waals surface area contributed by atoms with E-state index in [2.05, 4.69) is 4.72 Å². The van der Waals surface area contributed by atoms with E-state index in [1.54, 1.807) is 18.2 Å². The molecule has 9 nitrogen and oxygen atoms in total. The number of benzene rings is 3. The fourth-order valence-corrected chi connectivity index (χ4v) is 4.42. The second-order valence-electron chi connectivity index (χ2n) is 6.66. The lowest BCUT2D eigenvalue weighted by Crippen LogP contribution is -2.22. The van der Waals surface area contributed by atoms with Gasteiger partial charge >= 0.3 is 0 Å². The fraction of sp³-hybridized carbons (Fsp3) is 0.0476. The number of nitro benzene ring substituents is 1. The van der Waals surface area contributed by atoms with Crippen LogP contribution in [0.4, 0.5) is 11.4 Å². The summed E-state index contributed by atoms with van der Waals surface area (Å²) in [7, 11) is -2.95. The highest BCUT2D eigenvalue weighted by atomic mass is 32.2. The predicted octanol–water partition coefficient (Wildman–Crippen LogP) is 3.18. The number of anilines is 1. The van der Waals surface area contributed by atoms with E-state index in [-0.39, 0.29) is 50.1 Å². The Balaban J connectivity index is 1.73. The van der Waals surface area contributed by atoms with Crippen LogP contribution in [0.5, 0.6) is 5.75 Å². The summed E-state index contributed by atoms with van der Waals surface area (Å²) in [6, 6.07) is 13.4. The number of nitrogens with one attached hydrogen (secondary N) is 1. The van der Waals surface area contributed by atoms with Gasteiger partial charge in [0.2, 0.25) is 0 Å². The molecule has 3 aromatic rings. The molecule has 0 aliphatic heterocycles. The van der Waals surface area contributed by atoms with E-state index in [0.717, 1.165) is 18.2 Å². The average molecular weight is 438 g/mol. The maximum absolute atomic E-state index is 12.9. The first-order valence-corrected chi connectivity index (χ1v) is 10.4. The third-order valence-corrected chi connectivity index (χ3v) is 6.21. The summed E-state index contributed by atoms with van der Waals surface area (Å²) < 4.78 is 33.2. The quantitative estimate of drug-likeness (QED) is 0.374. The van der Waals surface area contributed by atoms with Gasteiger partial charge in [-0.25, -0.2) is 8.42 Å². The molecule has 0 saturated heterocycles. The average Bonchev–Trinajstić information content (AvgIpc) is 2.77. The molecule has 156 valence electrons. The van der Waals surface area contributed by atoms with E-state index >= 15 is 0 Å². The lowest BCUT2D eigenvalue weighted by molar-refractivity contribution is -0.384. The van der Waals surface area contributed by atoms with Gasteiger partial charge in [-0.3, -0.25) is 24.4 Å². The van der Waals surface area contributed by atoms with Crippen LogP contribution >= 0.6 is 0 Å². The van der Waals surface area contributed by atoms with Crippen molar-refractivity contribution in [1.29, 1.82) is 0 Å². The molecule has 3 aromatic carbocycles. The number of ether oxygens (including phenoxy) is 1. The summed E-state index contributed by atoms with van der Waals surface area (Å²) in [6.07, 6.45) is 0. The molecule has 0 spiro atoms. The highest BCUT2D eigenvalue weighted by Crippen LogP contribution is 2.32. The largest absolute Gasteiger partial charge is 0.494 e. The number of carbonyl (C=O) groups excluding carboxylic acids is 2. The van der Waals surface area contributed by atoms with Crippen molar-refractivity contribution in [3.63, 3.8) is 0 Å².